The van der Waals surface area contributed by atoms with Crippen LogP contribution in [0.15, 0.2) is 66.7 Å². The van der Waals surface area contributed by atoms with Crippen molar-refractivity contribution in [3.05, 3.63) is 78.0 Å². The van der Waals surface area contributed by atoms with Gasteiger partial charge in [-0.3, -0.25) is 0 Å². The minimum atomic E-state index is 0.531. The highest BCUT2D eigenvalue weighted by atomic mass is 16.5. The number of nitrogens with two attached hydrogens (primary N) is 1. The normalized spacial score (nSPS) is 10.4. The Kier molecular flexibility index (Phi) is 4.05. The fourth-order valence-corrected chi connectivity index (χ4v) is 2.42. The van der Waals surface area contributed by atoms with Gasteiger partial charge in [0.15, 0.2) is 0 Å². The van der Waals surface area contributed by atoms with Gasteiger partial charge < -0.3 is 10.5 Å². The molecule has 3 rings (SSSR count). The van der Waals surface area contributed by atoms with Crippen molar-refractivity contribution in [1.82, 2.24) is 4.98 Å². The van der Waals surface area contributed by atoms with Crippen LogP contribution in [0.2, 0.25) is 0 Å². The van der Waals surface area contributed by atoms with E-state index in [9.17, 15) is 0 Å². The van der Waals surface area contributed by atoms with E-state index >= 15 is 0 Å². The van der Waals surface area contributed by atoms with Crippen LogP contribution in [0.3, 0.4) is 0 Å². The fourth-order valence-electron chi connectivity index (χ4n) is 2.42. The van der Waals surface area contributed by atoms with Gasteiger partial charge in [-0.05, 0) is 30.7 Å². The summed E-state index contributed by atoms with van der Waals surface area (Å²) in [6.45, 7) is 2.50. The summed E-state index contributed by atoms with van der Waals surface area (Å²) in [6, 6.07) is 21.9. The molecule has 2 aromatic carbocycles. The summed E-state index contributed by atoms with van der Waals surface area (Å²) in [5.74, 6) is 1.38. The zero-order valence-electron chi connectivity index (χ0n) is 12.5. The van der Waals surface area contributed by atoms with Gasteiger partial charge in [0.2, 0.25) is 0 Å². The average molecular weight is 290 g/mol. The molecule has 0 saturated carbocycles. The highest BCUT2D eigenvalue weighted by Gasteiger charge is 2.09. The van der Waals surface area contributed by atoms with E-state index in [-0.39, 0.29) is 0 Å². The first-order valence-electron chi connectivity index (χ1n) is 7.23. The van der Waals surface area contributed by atoms with Crippen LogP contribution >= 0.6 is 0 Å². The molecule has 1 heterocycles. The zero-order valence-corrected chi connectivity index (χ0v) is 12.5. The van der Waals surface area contributed by atoms with Crippen molar-refractivity contribution < 1.29 is 4.74 Å². The number of para-hydroxylation sites is 1. The fraction of sp³-hybridized carbons (Fsp3) is 0.105. The molecule has 22 heavy (non-hydrogen) atoms. The topological polar surface area (TPSA) is 48.1 Å². The summed E-state index contributed by atoms with van der Waals surface area (Å²) in [5, 5.41) is 0. The molecule has 110 valence electrons. The van der Waals surface area contributed by atoms with E-state index in [1.165, 1.54) is 0 Å². The Balaban J connectivity index is 1.90. The number of hydrogen-bond donors (Lipinski definition) is 1. The predicted octanol–water partition coefficient (Wildman–Crippen LogP) is 4.22. The molecule has 0 unspecified atom stereocenters. The lowest BCUT2D eigenvalue weighted by molar-refractivity contribution is 0.307. The molecular weight excluding hydrogens is 272 g/mol. The minimum absolute atomic E-state index is 0.531. The number of benzene rings is 2. The summed E-state index contributed by atoms with van der Waals surface area (Å²) in [7, 11) is 0. The van der Waals surface area contributed by atoms with Crippen molar-refractivity contribution in [2.75, 3.05) is 5.73 Å². The lowest BCUT2D eigenvalue weighted by Gasteiger charge is -2.13. The van der Waals surface area contributed by atoms with Gasteiger partial charge in [0, 0.05) is 16.8 Å². The number of nitrogen functional groups attached to an aromatic ring is 1. The lowest BCUT2D eigenvalue weighted by atomic mass is 10.0. The van der Waals surface area contributed by atoms with Gasteiger partial charge in [-0.1, -0.05) is 48.5 Å². The third kappa shape index (κ3) is 3.09. The van der Waals surface area contributed by atoms with E-state index in [1.54, 1.807) is 0 Å². The Morgan fingerprint density at radius 1 is 0.864 bits per heavy atom. The monoisotopic (exact) mass is 290 g/mol. The van der Waals surface area contributed by atoms with Crippen LogP contribution in [0.5, 0.6) is 5.75 Å². The van der Waals surface area contributed by atoms with E-state index < -0.39 is 0 Å². The maximum absolute atomic E-state index is 6.00. The molecule has 3 nitrogen and oxygen atoms in total. The van der Waals surface area contributed by atoms with E-state index in [1.807, 2.05) is 61.5 Å². The second kappa shape index (κ2) is 6.31. The average Bonchev–Trinajstić information content (AvgIpc) is 2.54. The summed E-state index contributed by atoms with van der Waals surface area (Å²) in [4.78, 5) is 4.33. The van der Waals surface area contributed by atoms with Crippen LogP contribution in [0.25, 0.3) is 11.1 Å². The summed E-state index contributed by atoms with van der Waals surface area (Å²) in [5.41, 5.74) is 9.85. The second-order valence-electron chi connectivity index (χ2n) is 5.14. The SMILES string of the molecule is Cc1nc(N)ccc1-c1ccccc1OCc1ccccc1. The highest BCUT2D eigenvalue weighted by molar-refractivity contribution is 5.72. The molecule has 0 aliphatic heterocycles. The Morgan fingerprint density at radius 3 is 2.36 bits per heavy atom. The van der Waals surface area contributed by atoms with E-state index in [4.69, 9.17) is 10.5 Å². The van der Waals surface area contributed by atoms with Crippen molar-refractivity contribution in [3.8, 4) is 16.9 Å². The number of nitrogens with zero attached hydrogens (tertiary/aromatic N) is 1. The molecule has 0 saturated heterocycles. The van der Waals surface area contributed by atoms with Gasteiger partial charge in [0.05, 0.1) is 0 Å². The number of aromatic nitrogens is 1. The van der Waals surface area contributed by atoms with Crippen molar-refractivity contribution in [2.45, 2.75) is 13.5 Å². The largest absolute Gasteiger partial charge is 0.488 e. The van der Waals surface area contributed by atoms with Crippen LogP contribution in [-0.4, -0.2) is 4.98 Å². The third-order valence-electron chi connectivity index (χ3n) is 3.52. The smallest absolute Gasteiger partial charge is 0.127 e. The van der Waals surface area contributed by atoms with Gasteiger partial charge in [0.1, 0.15) is 18.2 Å². The van der Waals surface area contributed by atoms with E-state index in [0.717, 1.165) is 28.1 Å². The summed E-state index contributed by atoms with van der Waals surface area (Å²) in [6.07, 6.45) is 0. The molecule has 0 radical (unpaired) electrons. The maximum Gasteiger partial charge on any atom is 0.127 e. The van der Waals surface area contributed by atoms with Crippen LogP contribution < -0.4 is 10.5 Å². The predicted molar refractivity (Wildman–Crippen MR) is 89.6 cm³/mol. The standard InChI is InChI=1S/C19H18N2O/c1-14-16(11-12-19(20)21-14)17-9-5-6-10-18(17)22-13-15-7-3-2-4-8-15/h2-12H,13H2,1H3,(H2,20,21). The molecule has 3 heteroatoms. The van der Waals surface area contributed by atoms with Crippen molar-refractivity contribution in [3.63, 3.8) is 0 Å². The van der Waals surface area contributed by atoms with Crippen LogP contribution in [-0.2, 0) is 6.61 Å². The Morgan fingerprint density at radius 2 is 1.59 bits per heavy atom. The lowest BCUT2D eigenvalue weighted by Crippen LogP contribution is -1.99. The quantitative estimate of drug-likeness (QED) is 0.782. The first kappa shape index (κ1) is 14.1. The van der Waals surface area contributed by atoms with Gasteiger partial charge >= 0.3 is 0 Å². The minimum Gasteiger partial charge on any atom is -0.488 e. The molecule has 0 amide bonds. The number of rotatable bonds is 4. The third-order valence-corrected chi connectivity index (χ3v) is 3.52. The summed E-state index contributed by atoms with van der Waals surface area (Å²) >= 11 is 0. The first-order chi connectivity index (χ1) is 10.7. The number of pyridine rings is 1. The van der Waals surface area contributed by atoms with E-state index in [2.05, 4.69) is 17.1 Å². The second-order valence-corrected chi connectivity index (χ2v) is 5.14. The Labute approximate surface area is 130 Å². The maximum atomic E-state index is 6.00. The molecule has 0 aliphatic carbocycles. The molecule has 0 aliphatic rings. The molecule has 0 atom stereocenters. The van der Waals surface area contributed by atoms with Crippen LogP contribution in [0.1, 0.15) is 11.3 Å². The van der Waals surface area contributed by atoms with E-state index in [0.29, 0.717) is 12.4 Å². The van der Waals surface area contributed by atoms with Crippen molar-refractivity contribution in [1.29, 1.82) is 0 Å². The molecule has 3 aromatic rings. The molecule has 0 bridgehead atoms. The van der Waals surface area contributed by atoms with Gasteiger partial charge in [-0.2, -0.15) is 0 Å². The van der Waals surface area contributed by atoms with Crippen molar-refractivity contribution in [2.24, 2.45) is 0 Å². The molecule has 1 aromatic heterocycles. The van der Waals surface area contributed by atoms with Crippen LogP contribution in [0.4, 0.5) is 5.82 Å². The first-order valence-corrected chi connectivity index (χ1v) is 7.23. The Hall–Kier alpha value is -2.81. The summed E-state index contributed by atoms with van der Waals surface area (Å²) < 4.78 is 6.00. The van der Waals surface area contributed by atoms with Crippen molar-refractivity contribution >= 4 is 5.82 Å². The molecule has 0 spiro atoms. The Bertz CT molecular complexity index is 769. The highest BCUT2D eigenvalue weighted by Crippen LogP contribution is 2.32. The molecular formula is C19H18N2O. The number of aryl methyl sites for hydroxylation is 1. The van der Waals surface area contributed by atoms with Gasteiger partial charge in [0.25, 0.3) is 0 Å². The number of hydrogen-bond acceptors (Lipinski definition) is 3. The van der Waals surface area contributed by atoms with Gasteiger partial charge in [-0.15, -0.1) is 0 Å². The number of ether oxygens (including phenoxy) is 1. The van der Waals surface area contributed by atoms with Crippen LogP contribution in [0, 0.1) is 6.92 Å². The number of anilines is 1. The molecule has 2 N–H and O–H groups in total. The molecule has 0 fully saturated rings. The van der Waals surface area contributed by atoms with Gasteiger partial charge in [-0.25, -0.2) is 4.98 Å². The zero-order chi connectivity index (χ0) is 15.4.